The van der Waals surface area contributed by atoms with Crippen LogP contribution in [-0.2, 0) is 19.2 Å². The number of allylic oxidation sites excluding steroid dienone is 2. The third-order valence-electron chi connectivity index (χ3n) is 17.6. The Morgan fingerprint density at radius 1 is 0.885 bits per heavy atom. The molecule has 7 heteroatoms. The van der Waals surface area contributed by atoms with Gasteiger partial charge >= 0.3 is 5.97 Å². The number of Topliss-reactive ketones (excluding diaryl/α,β-unsaturated/α-hetero) is 2. The molecule has 0 bridgehead atoms. The van der Waals surface area contributed by atoms with Gasteiger partial charge in [0.1, 0.15) is 5.78 Å². The number of nitrogens with one attached hydrogen (secondary N) is 1. The zero-order valence-corrected chi connectivity index (χ0v) is 33.7. The molecule has 0 aromatic heterocycles. The quantitative estimate of drug-likeness (QED) is 0.235. The van der Waals surface area contributed by atoms with Crippen LogP contribution in [0.5, 0.6) is 0 Å². The smallest absolute Gasteiger partial charge is 0.306 e. The van der Waals surface area contributed by atoms with Crippen LogP contribution in [0.4, 0.5) is 0 Å². The molecule has 6 fully saturated rings. The number of carboxylic acids is 1. The number of hydrogen-bond donors (Lipinski definition) is 2. The standard InChI is InChI=1S/C45H70N2O5/c1-27(2)39-35(49)25-45(26-38(50)46-19-22-47-20-9-8-10-21-47)18-14-33-30(40(39)45)11-12-37-43(33,6)17-15-36-42(4,5)29(13-16-44(36,37)7)23-34(48)31-24-32(28(31)3)41(51)52/h27-33,36-37H,8-26H2,1-7H3,(H,46,50)(H,51,52). The van der Waals surface area contributed by atoms with Gasteiger partial charge < -0.3 is 15.3 Å². The van der Waals surface area contributed by atoms with Crippen LogP contribution in [0.25, 0.3) is 0 Å². The van der Waals surface area contributed by atoms with Gasteiger partial charge in [0.15, 0.2) is 5.78 Å². The molecule has 7 aliphatic rings. The van der Waals surface area contributed by atoms with E-state index < -0.39 is 5.97 Å². The van der Waals surface area contributed by atoms with Crippen molar-refractivity contribution in [3.63, 3.8) is 0 Å². The average Bonchev–Trinajstić information content (AvgIpc) is 3.37. The van der Waals surface area contributed by atoms with Gasteiger partial charge in [-0.25, -0.2) is 0 Å². The predicted octanol–water partition coefficient (Wildman–Crippen LogP) is 8.50. The Balaban J connectivity index is 1.07. The number of rotatable bonds is 10. The van der Waals surface area contributed by atoms with E-state index in [1.807, 2.05) is 6.92 Å². The van der Waals surface area contributed by atoms with Crippen LogP contribution in [0.15, 0.2) is 11.1 Å². The summed E-state index contributed by atoms with van der Waals surface area (Å²) in [6.45, 7) is 20.3. The summed E-state index contributed by atoms with van der Waals surface area (Å²) in [5.41, 5.74) is 2.62. The SMILES string of the molecule is CC(C)C1=C2C3CCC4C(C)(CCC5C(C)(C)C(CC(=O)C6CC(C(=O)O)C6C)CCC54C)C3CCC2(CC(=O)NCCN2CCCCC2)CC1=O. The van der Waals surface area contributed by atoms with Crippen LogP contribution >= 0.6 is 0 Å². The number of likely N-dealkylation sites (tertiary alicyclic amines) is 1. The Bertz CT molecular complexity index is 1480. The van der Waals surface area contributed by atoms with Crippen molar-refractivity contribution < 1.29 is 24.3 Å². The van der Waals surface area contributed by atoms with E-state index in [1.54, 1.807) is 0 Å². The van der Waals surface area contributed by atoms with E-state index in [-0.39, 0.29) is 51.2 Å². The molecule has 1 saturated heterocycles. The number of carbonyl (C=O) groups excluding carboxylic acids is 3. The maximum Gasteiger partial charge on any atom is 0.306 e. The lowest BCUT2D eigenvalue weighted by Gasteiger charge is -2.69. The topological polar surface area (TPSA) is 104 Å². The Labute approximate surface area is 314 Å². The van der Waals surface area contributed by atoms with Crippen molar-refractivity contribution in [2.24, 2.45) is 74.9 Å². The van der Waals surface area contributed by atoms with Gasteiger partial charge in [-0.2, -0.15) is 0 Å². The van der Waals surface area contributed by atoms with Gasteiger partial charge in [-0.05, 0) is 147 Å². The van der Waals surface area contributed by atoms with Gasteiger partial charge in [-0.1, -0.05) is 60.5 Å². The zero-order valence-electron chi connectivity index (χ0n) is 33.7. The molecular formula is C45H70N2O5. The lowest BCUT2D eigenvalue weighted by atomic mass is 9.35. The molecule has 0 aromatic carbocycles. The number of carboxylic acid groups (broad SMARTS) is 1. The zero-order chi connectivity index (χ0) is 37.4. The average molecular weight is 719 g/mol. The third-order valence-corrected chi connectivity index (χ3v) is 17.6. The second-order valence-corrected chi connectivity index (χ2v) is 20.6. The largest absolute Gasteiger partial charge is 0.481 e. The van der Waals surface area contributed by atoms with E-state index in [9.17, 15) is 24.3 Å². The maximum absolute atomic E-state index is 13.9. The number of nitrogens with zero attached hydrogens (tertiary/aromatic N) is 1. The fourth-order valence-corrected chi connectivity index (χ4v) is 14.9. The Kier molecular flexibility index (Phi) is 10.2. The summed E-state index contributed by atoms with van der Waals surface area (Å²) in [5.74, 6) is 2.10. The molecule has 6 aliphatic carbocycles. The Morgan fingerprint density at radius 2 is 1.60 bits per heavy atom. The van der Waals surface area contributed by atoms with Gasteiger partial charge in [-0.15, -0.1) is 0 Å². The number of carbonyl (C=O) groups is 4. The first-order valence-corrected chi connectivity index (χ1v) is 21.6. The molecule has 1 heterocycles. The monoisotopic (exact) mass is 719 g/mol. The summed E-state index contributed by atoms with van der Waals surface area (Å²) in [6.07, 6.45) is 14.9. The van der Waals surface area contributed by atoms with Crippen LogP contribution in [0, 0.1) is 74.9 Å². The van der Waals surface area contributed by atoms with Gasteiger partial charge in [0, 0.05) is 43.7 Å². The first kappa shape index (κ1) is 38.3. The van der Waals surface area contributed by atoms with E-state index in [0.717, 1.165) is 57.3 Å². The number of fused-ring (bicyclic) bond motifs is 7. The lowest BCUT2D eigenvalue weighted by molar-refractivity contribution is -0.193. The molecule has 1 amide bonds. The third kappa shape index (κ3) is 6.17. The normalized spacial score (nSPS) is 42.8. The fourth-order valence-electron chi connectivity index (χ4n) is 14.9. The first-order valence-electron chi connectivity index (χ1n) is 21.6. The highest BCUT2D eigenvalue weighted by molar-refractivity contribution is 6.01. The number of aliphatic carboxylic acids is 1. The second kappa shape index (κ2) is 13.9. The van der Waals surface area contributed by atoms with Gasteiger partial charge in [0.05, 0.1) is 5.92 Å². The van der Waals surface area contributed by atoms with Crippen molar-refractivity contribution in [1.82, 2.24) is 10.2 Å². The van der Waals surface area contributed by atoms with Crippen molar-refractivity contribution in [2.45, 2.75) is 145 Å². The molecule has 7 nitrogen and oxygen atoms in total. The highest BCUT2D eigenvalue weighted by Gasteiger charge is 2.66. The molecule has 11 atom stereocenters. The molecule has 11 unspecified atom stereocenters. The molecule has 7 rings (SSSR count). The van der Waals surface area contributed by atoms with E-state index in [2.05, 4.69) is 51.8 Å². The molecule has 2 N–H and O–H groups in total. The molecule has 1 aliphatic heterocycles. The van der Waals surface area contributed by atoms with Gasteiger partial charge in [0.25, 0.3) is 0 Å². The van der Waals surface area contributed by atoms with Crippen LogP contribution in [0.2, 0.25) is 0 Å². The minimum atomic E-state index is -0.755. The van der Waals surface area contributed by atoms with Gasteiger partial charge in [0.2, 0.25) is 5.91 Å². The summed E-state index contributed by atoms with van der Waals surface area (Å²) in [6, 6.07) is 0. The van der Waals surface area contributed by atoms with Crippen molar-refractivity contribution in [1.29, 1.82) is 0 Å². The van der Waals surface area contributed by atoms with E-state index >= 15 is 0 Å². The molecule has 290 valence electrons. The number of ketones is 2. The Hall–Kier alpha value is -2.02. The van der Waals surface area contributed by atoms with Crippen molar-refractivity contribution >= 4 is 23.4 Å². The van der Waals surface area contributed by atoms with E-state index in [4.69, 9.17) is 0 Å². The predicted molar refractivity (Wildman–Crippen MR) is 204 cm³/mol. The minimum absolute atomic E-state index is 0.0499. The lowest BCUT2D eigenvalue weighted by Crippen LogP contribution is -2.62. The van der Waals surface area contributed by atoms with Crippen LogP contribution in [-0.4, -0.2) is 59.6 Å². The van der Waals surface area contributed by atoms with Crippen molar-refractivity contribution in [3.05, 3.63) is 11.1 Å². The summed E-state index contributed by atoms with van der Waals surface area (Å²) >= 11 is 0. The molecule has 5 saturated carbocycles. The molecular weight excluding hydrogens is 649 g/mol. The first-order chi connectivity index (χ1) is 24.5. The highest BCUT2D eigenvalue weighted by atomic mass is 16.4. The second-order valence-electron chi connectivity index (χ2n) is 20.6. The summed E-state index contributed by atoms with van der Waals surface area (Å²) in [5, 5.41) is 12.8. The van der Waals surface area contributed by atoms with Crippen LogP contribution < -0.4 is 5.32 Å². The fraction of sp³-hybridized carbons (Fsp3) is 0.867. The van der Waals surface area contributed by atoms with Crippen molar-refractivity contribution in [2.75, 3.05) is 26.2 Å². The molecule has 0 spiro atoms. The Morgan fingerprint density at radius 3 is 2.27 bits per heavy atom. The highest BCUT2D eigenvalue weighted by Crippen LogP contribution is 2.74. The number of piperidine rings is 1. The van der Waals surface area contributed by atoms with E-state index in [0.29, 0.717) is 73.4 Å². The molecule has 0 radical (unpaired) electrons. The van der Waals surface area contributed by atoms with Crippen molar-refractivity contribution in [3.8, 4) is 0 Å². The van der Waals surface area contributed by atoms with Crippen LogP contribution in [0.3, 0.4) is 0 Å². The van der Waals surface area contributed by atoms with Crippen LogP contribution in [0.1, 0.15) is 145 Å². The summed E-state index contributed by atoms with van der Waals surface area (Å²) in [7, 11) is 0. The van der Waals surface area contributed by atoms with Gasteiger partial charge in [-0.3, -0.25) is 19.2 Å². The number of amides is 1. The summed E-state index contributed by atoms with van der Waals surface area (Å²) in [4.78, 5) is 55.3. The van der Waals surface area contributed by atoms with E-state index in [1.165, 1.54) is 44.1 Å². The number of hydrogen-bond acceptors (Lipinski definition) is 5. The maximum atomic E-state index is 13.9. The summed E-state index contributed by atoms with van der Waals surface area (Å²) < 4.78 is 0. The minimum Gasteiger partial charge on any atom is -0.481 e. The molecule has 0 aromatic rings. The molecule has 52 heavy (non-hydrogen) atoms.